The van der Waals surface area contributed by atoms with E-state index in [1.54, 1.807) is 34.9 Å². The topological polar surface area (TPSA) is 138 Å². The van der Waals surface area contributed by atoms with Gasteiger partial charge in [-0.05, 0) is 73.0 Å². The van der Waals surface area contributed by atoms with E-state index in [0.717, 1.165) is 4.31 Å². The number of carbonyl (C=O) groups is 2. The summed E-state index contributed by atoms with van der Waals surface area (Å²) in [6, 6.07) is 17.1. The first-order valence-electron chi connectivity index (χ1n) is 15.8. The average molecular weight is 710 g/mol. The van der Waals surface area contributed by atoms with Gasteiger partial charge in [-0.2, -0.15) is 0 Å². The van der Waals surface area contributed by atoms with Crippen LogP contribution in [0.3, 0.4) is 0 Å². The predicted octanol–water partition coefficient (Wildman–Crippen LogP) is 5.55. The first-order chi connectivity index (χ1) is 23.6. The third kappa shape index (κ3) is 8.90. The maximum atomic E-state index is 14.3. The summed E-state index contributed by atoms with van der Waals surface area (Å²) in [7, 11) is 0.321. The molecular formula is C37H41F2N3O7S. The number of esters is 1. The Hall–Kier alpha value is -4.69. The number of aliphatic hydroxyl groups excluding tert-OH is 2. The fourth-order valence-electron chi connectivity index (χ4n) is 5.55. The SMILES string of the molecule is COC(=O)C[C@H](O)C[C@H](O)/C=C/c1c(-c2ccc(F)cc2)c(-c2ccc(F)cc2)c(C(=O)NCc2cccc(S(=O)(=O)N(C)C)c2)n1C(C)C. The lowest BCUT2D eigenvalue weighted by Gasteiger charge is -2.18. The molecule has 0 saturated heterocycles. The molecule has 0 saturated carbocycles. The number of aromatic nitrogens is 1. The minimum Gasteiger partial charge on any atom is -0.469 e. The van der Waals surface area contributed by atoms with Crippen LogP contribution in [0, 0.1) is 11.6 Å². The summed E-state index contributed by atoms with van der Waals surface area (Å²) >= 11 is 0. The highest BCUT2D eigenvalue weighted by Crippen LogP contribution is 2.42. The van der Waals surface area contributed by atoms with Crippen LogP contribution < -0.4 is 5.32 Å². The van der Waals surface area contributed by atoms with Crippen LogP contribution in [0.2, 0.25) is 0 Å². The summed E-state index contributed by atoms with van der Waals surface area (Å²) in [5, 5.41) is 24.0. The van der Waals surface area contributed by atoms with E-state index >= 15 is 0 Å². The van der Waals surface area contributed by atoms with Crippen LogP contribution in [0.25, 0.3) is 28.3 Å². The van der Waals surface area contributed by atoms with Crippen LogP contribution in [-0.2, 0) is 26.1 Å². The normalized spacial score (nSPS) is 13.2. The standard InChI is InChI=1S/C37H41F2N3O7S/c1-23(2)42-32(18-17-29(43)20-30(44)21-33(45)49-5)34(25-9-13-27(38)14-10-25)35(26-11-15-28(39)16-12-26)36(42)37(46)40-22-24-7-6-8-31(19-24)50(47,48)41(3)4/h6-19,23,29-30,43-44H,20-22H2,1-5H3,(H,40,46)/b18-17+/t29-,30-/m1/s1. The largest absolute Gasteiger partial charge is 0.469 e. The third-order valence-corrected chi connectivity index (χ3v) is 9.80. The van der Waals surface area contributed by atoms with Gasteiger partial charge in [-0.1, -0.05) is 42.5 Å². The van der Waals surface area contributed by atoms with E-state index in [1.807, 2.05) is 13.8 Å². The number of amides is 1. The Kier molecular flexibility index (Phi) is 12.5. The van der Waals surface area contributed by atoms with Gasteiger partial charge in [0.05, 0.1) is 30.6 Å². The number of hydrogen-bond donors (Lipinski definition) is 3. The van der Waals surface area contributed by atoms with Gasteiger partial charge in [0.2, 0.25) is 10.0 Å². The van der Waals surface area contributed by atoms with E-state index in [4.69, 9.17) is 0 Å². The second-order valence-corrected chi connectivity index (χ2v) is 14.3. The molecule has 4 aromatic rings. The van der Waals surface area contributed by atoms with Crippen molar-refractivity contribution in [2.24, 2.45) is 0 Å². The van der Waals surface area contributed by atoms with E-state index in [1.165, 1.54) is 75.8 Å². The van der Waals surface area contributed by atoms with E-state index in [0.29, 0.717) is 33.5 Å². The number of carbonyl (C=O) groups excluding carboxylic acids is 2. The summed E-state index contributed by atoms with van der Waals surface area (Å²) in [6.07, 6.45) is 0.137. The molecule has 0 aliphatic heterocycles. The summed E-state index contributed by atoms with van der Waals surface area (Å²) in [4.78, 5) is 26.0. The molecule has 0 bridgehead atoms. The van der Waals surface area contributed by atoms with Gasteiger partial charge in [0, 0.05) is 49.9 Å². The molecule has 10 nitrogen and oxygen atoms in total. The highest BCUT2D eigenvalue weighted by Gasteiger charge is 2.30. The Labute approximate surface area is 290 Å². The van der Waals surface area contributed by atoms with Crippen molar-refractivity contribution in [1.29, 1.82) is 0 Å². The van der Waals surface area contributed by atoms with Gasteiger partial charge < -0.3 is 24.8 Å². The highest BCUT2D eigenvalue weighted by atomic mass is 32.2. The molecule has 0 spiro atoms. The molecule has 4 rings (SSSR count). The second kappa shape index (κ2) is 16.3. The fourth-order valence-corrected chi connectivity index (χ4v) is 6.52. The van der Waals surface area contributed by atoms with Crippen LogP contribution in [0.5, 0.6) is 0 Å². The molecular weight excluding hydrogens is 668 g/mol. The number of sulfonamides is 1. The van der Waals surface area contributed by atoms with Crippen LogP contribution >= 0.6 is 0 Å². The molecule has 1 heterocycles. The first kappa shape index (κ1) is 38.1. The number of nitrogens with one attached hydrogen (secondary N) is 1. The lowest BCUT2D eigenvalue weighted by molar-refractivity contribution is -0.143. The first-order valence-corrected chi connectivity index (χ1v) is 17.3. The molecule has 266 valence electrons. The highest BCUT2D eigenvalue weighted by molar-refractivity contribution is 7.89. The Balaban J connectivity index is 1.89. The maximum absolute atomic E-state index is 14.3. The van der Waals surface area contributed by atoms with E-state index in [-0.39, 0.29) is 36.0 Å². The van der Waals surface area contributed by atoms with Crippen molar-refractivity contribution in [3.63, 3.8) is 0 Å². The van der Waals surface area contributed by atoms with Crippen molar-refractivity contribution in [1.82, 2.24) is 14.2 Å². The molecule has 3 aromatic carbocycles. The molecule has 13 heteroatoms. The van der Waals surface area contributed by atoms with Crippen molar-refractivity contribution >= 4 is 28.0 Å². The number of rotatable bonds is 14. The molecule has 1 aromatic heterocycles. The van der Waals surface area contributed by atoms with Crippen molar-refractivity contribution in [2.45, 2.75) is 56.4 Å². The van der Waals surface area contributed by atoms with Crippen molar-refractivity contribution in [2.75, 3.05) is 21.2 Å². The number of benzene rings is 3. The third-order valence-electron chi connectivity index (χ3n) is 7.99. The lowest BCUT2D eigenvalue weighted by Crippen LogP contribution is -2.27. The lowest BCUT2D eigenvalue weighted by atomic mass is 9.94. The maximum Gasteiger partial charge on any atom is 0.308 e. The number of hydrogen-bond acceptors (Lipinski definition) is 7. The number of nitrogens with zero attached hydrogens (tertiary/aromatic N) is 2. The van der Waals surface area contributed by atoms with Gasteiger partial charge in [-0.25, -0.2) is 21.5 Å². The Morgan fingerprint density at radius 1 is 0.940 bits per heavy atom. The number of aliphatic hydroxyl groups is 2. The zero-order valence-electron chi connectivity index (χ0n) is 28.4. The second-order valence-electron chi connectivity index (χ2n) is 12.2. The number of ether oxygens (including phenoxy) is 1. The number of methoxy groups -OCH3 is 1. The van der Waals surface area contributed by atoms with Crippen molar-refractivity contribution in [3.8, 4) is 22.3 Å². The van der Waals surface area contributed by atoms with Crippen molar-refractivity contribution in [3.05, 3.63) is 107 Å². The number of halogens is 2. The van der Waals surface area contributed by atoms with Gasteiger partial charge >= 0.3 is 5.97 Å². The van der Waals surface area contributed by atoms with Crippen LogP contribution in [0.1, 0.15) is 54.5 Å². The molecule has 2 atom stereocenters. The Bertz CT molecular complexity index is 1960. The quantitative estimate of drug-likeness (QED) is 0.146. The zero-order valence-corrected chi connectivity index (χ0v) is 29.2. The molecule has 0 unspecified atom stereocenters. The summed E-state index contributed by atoms with van der Waals surface area (Å²) in [6.45, 7) is 3.67. The van der Waals surface area contributed by atoms with E-state index in [2.05, 4.69) is 10.1 Å². The van der Waals surface area contributed by atoms with Gasteiger partial charge in [0.1, 0.15) is 17.3 Å². The van der Waals surface area contributed by atoms with Gasteiger partial charge in [0.25, 0.3) is 5.91 Å². The Morgan fingerprint density at radius 3 is 2.06 bits per heavy atom. The average Bonchev–Trinajstić information content (AvgIpc) is 3.42. The van der Waals surface area contributed by atoms with Crippen molar-refractivity contribution < 1.29 is 41.7 Å². The molecule has 0 aliphatic carbocycles. The Morgan fingerprint density at radius 2 is 1.52 bits per heavy atom. The van der Waals surface area contributed by atoms with Crippen LogP contribution in [-0.4, -0.2) is 72.8 Å². The van der Waals surface area contributed by atoms with E-state index in [9.17, 15) is 37.0 Å². The van der Waals surface area contributed by atoms with Crippen LogP contribution in [0.4, 0.5) is 8.78 Å². The monoisotopic (exact) mass is 709 g/mol. The summed E-state index contributed by atoms with van der Waals surface area (Å²) < 4.78 is 61.2. The molecule has 0 radical (unpaired) electrons. The molecule has 0 fully saturated rings. The minimum absolute atomic E-state index is 0.0321. The molecule has 50 heavy (non-hydrogen) atoms. The van der Waals surface area contributed by atoms with Gasteiger partial charge in [0.15, 0.2) is 0 Å². The fraction of sp³-hybridized carbons (Fsp3) is 0.297. The van der Waals surface area contributed by atoms with Gasteiger partial charge in [-0.15, -0.1) is 0 Å². The van der Waals surface area contributed by atoms with Gasteiger partial charge in [-0.3, -0.25) is 9.59 Å². The van der Waals surface area contributed by atoms with E-state index < -0.39 is 45.7 Å². The smallest absolute Gasteiger partial charge is 0.308 e. The van der Waals surface area contributed by atoms with Crippen LogP contribution in [0.15, 0.2) is 83.8 Å². The molecule has 1 amide bonds. The predicted molar refractivity (Wildman–Crippen MR) is 186 cm³/mol. The summed E-state index contributed by atoms with van der Waals surface area (Å²) in [5.74, 6) is -2.14. The summed E-state index contributed by atoms with van der Waals surface area (Å²) in [5.41, 5.74) is 3.08. The molecule has 0 aliphatic rings. The zero-order chi connectivity index (χ0) is 36.7. The molecule has 3 N–H and O–H groups in total. The minimum atomic E-state index is -3.73.